The quantitative estimate of drug-likeness (QED) is 0.535. The van der Waals surface area contributed by atoms with E-state index in [9.17, 15) is 0 Å². The van der Waals surface area contributed by atoms with Crippen molar-refractivity contribution in [2.75, 3.05) is 38.3 Å². The molecule has 3 heteroatoms. The molecule has 0 atom stereocenters. The second kappa shape index (κ2) is 13.3. The van der Waals surface area contributed by atoms with Gasteiger partial charge in [0.25, 0.3) is 0 Å². The largest absolute Gasteiger partial charge is 0.380 e. The smallest absolute Gasteiger partial charge is 0.0591 e. The van der Waals surface area contributed by atoms with E-state index in [-0.39, 0.29) is 0 Å². The van der Waals surface area contributed by atoms with Crippen LogP contribution >= 0.6 is 11.8 Å². The van der Waals surface area contributed by atoms with Gasteiger partial charge >= 0.3 is 0 Å². The van der Waals surface area contributed by atoms with E-state index in [1.807, 2.05) is 11.8 Å². The summed E-state index contributed by atoms with van der Waals surface area (Å²) in [6, 6.07) is 0. The maximum absolute atomic E-state index is 5.49. The van der Waals surface area contributed by atoms with Crippen molar-refractivity contribution in [3.63, 3.8) is 0 Å². The predicted octanol–water partition coefficient (Wildman–Crippen LogP) is 3.17. The Morgan fingerprint density at radius 1 is 1.06 bits per heavy atom. The summed E-state index contributed by atoms with van der Waals surface area (Å²) in [7, 11) is 0. The zero-order valence-corrected chi connectivity index (χ0v) is 12.1. The fraction of sp³-hybridized carbons (Fsp3) is 1.00. The molecule has 0 aromatic rings. The SMILES string of the molecule is CSCCCCCCNCCOCC(C)C. The number of nitrogens with one attached hydrogen (secondary N) is 1. The lowest BCUT2D eigenvalue weighted by Crippen LogP contribution is -2.21. The van der Waals surface area contributed by atoms with Gasteiger partial charge < -0.3 is 10.1 Å². The van der Waals surface area contributed by atoms with E-state index in [4.69, 9.17) is 4.74 Å². The Bertz CT molecular complexity index is 131. The lowest BCUT2D eigenvalue weighted by Gasteiger charge is -2.07. The Balaban J connectivity index is 2.88. The minimum Gasteiger partial charge on any atom is -0.380 e. The normalized spacial score (nSPS) is 11.2. The third-order valence-electron chi connectivity index (χ3n) is 2.33. The molecule has 0 unspecified atom stereocenters. The lowest BCUT2D eigenvalue weighted by molar-refractivity contribution is 0.112. The molecule has 1 N–H and O–H groups in total. The lowest BCUT2D eigenvalue weighted by atomic mass is 10.2. The molecule has 0 aromatic heterocycles. The van der Waals surface area contributed by atoms with Crippen molar-refractivity contribution in [1.82, 2.24) is 5.32 Å². The van der Waals surface area contributed by atoms with E-state index in [0.29, 0.717) is 5.92 Å². The van der Waals surface area contributed by atoms with Gasteiger partial charge in [-0.2, -0.15) is 11.8 Å². The molecular weight excluding hydrogens is 218 g/mol. The third kappa shape index (κ3) is 14.3. The first-order valence-corrected chi connectivity index (χ1v) is 7.94. The number of rotatable bonds is 12. The molecular formula is C13H29NOS. The first kappa shape index (κ1) is 16.3. The molecule has 16 heavy (non-hydrogen) atoms. The van der Waals surface area contributed by atoms with Gasteiger partial charge in [-0.3, -0.25) is 0 Å². The molecule has 98 valence electrons. The van der Waals surface area contributed by atoms with Gasteiger partial charge in [0.05, 0.1) is 6.61 Å². The van der Waals surface area contributed by atoms with Crippen LogP contribution in [0.5, 0.6) is 0 Å². The molecule has 0 fully saturated rings. The minimum absolute atomic E-state index is 0.649. The summed E-state index contributed by atoms with van der Waals surface area (Å²) in [5, 5.41) is 3.42. The second-order valence-electron chi connectivity index (χ2n) is 4.63. The van der Waals surface area contributed by atoms with Crippen molar-refractivity contribution in [2.45, 2.75) is 39.5 Å². The van der Waals surface area contributed by atoms with E-state index in [1.165, 1.54) is 31.4 Å². The predicted molar refractivity (Wildman–Crippen MR) is 75.4 cm³/mol. The van der Waals surface area contributed by atoms with Gasteiger partial charge in [-0.1, -0.05) is 26.7 Å². The Kier molecular flexibility index (Phi) is 13.6. The van der Waals surface area contributed by atoms with Crippen molar-refractivity contribution in [3.8, 4) is 0 Å². The summed E-state index contributed by atoms with van der Waals surface area (Å²) in [6.07, 6.45) is 7.60. The Hall–Kier alpha value is 0.270. The van der Waals surface area contributed by atoms with Crippen molar-refractivity contribution in [2.24, 2.45) is 5.92 Å². The second-order valence-corrected chi connectivity index (χ2v) is 5.61. The molecule has 0 amide bonds. The highest BCUT2D eigenvalue weighted by Crippen LogP contribution is 2.03. The van der Waals surface area contributed by atoms with E-state index in [0.717, 1.165) is 26.3 Å². The van der Waals surface area contributed by atoms with Crippen LogP contribution in [0.4, 0.5) is 0 Å². The van der Waals surface area contributed by atoms with Gasteiger partial charge in [0.15, 0.2) is 0 Å². The van der Waals surface area contributed by atoms with Crippen LogP contribution in [0.1, 0.15) is 39.5 Å². The average Bonchev–Trinajstić information content (AvgIpc) is 2.25. The maximum Gasteiger partial charge on any atom is 0.0591 e. The highest BCUT2D eigenvalue weighted by molar-refractivity contribution is 7.98. The van der Waals surface area contributed by atoms with Crippen molar-refractivity contribution in [1.29, 1.82) is 0 Å². The molecule has 0 aromatic carbocycles. The molecule has 0 rings (SSSR count). The molecule has 0 heterocycles. The standard InChI is InChI=1S/C13H29NOS/c1-13(2)12-15-10-9-14-8-6-4-5-7-11-16-3/h13-14H,4-12H2,1-3H3. The Labute approximate surface area is 106 Å². The molecule has 0 saturated carbocycles. The topological polar surface area (TPSA) is 21.3 Å². The third-order valence-corrected chi connectivity index (χ3v) is 3.02. The highest BCUT2D eigenvalue weighted by atomic mass is 32.2. The zero-order chi connectivity index (χ0) is 12.1. The fourth-order valence-electron chi connectivity index (χ4n) is 1.44. The number of hydrogen-bond acceptors (Lipinski definition) is 3. The summed E-state index contributed by atoms with van der Waals surface area (Å²) >= 11 is 1.95. The highest BCUT2D eigenvalue weighted by Gasteiger charge is 1.93. The van der Waals surface area contributed by atoms with Crippen LogP contribution in [0.15, 0.2) is 0 Å². The average molecular weight is 247 g/mol. The van der Waals surface area contributed by atoms with E-state index in [2.05, 4.69) is 25.4 Å². The van der Waals surface area contributed by atoms with Crippen LogP contribution < -0.4 is 5.32 Å². The van der Waals surface area contributed by atoms with Crippen LogP contribution in [-0.4, -0.2) is 38.3 Å². The van der Waals surface area contributed by atoms with Crippen LogP contribution in [-0.2, 0) is 4.74 Å². The van der Waals surface area contributed by atoms with Crippen molar-refractivity contribution >= 4 is 11.8 Å². The van der Waals surface area contributed by atoms with Crippen LogP contribution in [0, 0.1) is 5.92 Å². The number of hydrogen-bond donors (Lipinski definition) is 1. The van der Waals surface area contributed by atoms with Crippen molar-refractivity contribution in [3.05, 3.63) is 0 Å². The fourth-order valence-corrected chi connectivity index (χ4v) is 1.93. The van der Waals surface area contributed by atoms with Crippen LogP contribution in [0.25, 0.3) is 0 Å². The molecule has 0 radical (unpaired) electrons. The summed E-state index contributed by atoms with van der Waals surface area (Å²) < 4.78 is 5.49. The van der Waals surface area contributed by atoms with E-state index < -0.39 is 0 Å². The first-order chi connectivity index (χ1) is 7.77. The Morgan fingerprint density at radius 3 is 2.50 bits per heavy atom. The van der Waals surface area contributed by atoms with Gasteiger partial charge in [-0.25, -0.2) is 0 Å². The number of thioether (sulfide) groups is 1. The van der Waals surface area contributed by atoms with E-state index >= 15 is 0 Å². The molecule has 0 saturated heterocycles. The molecule has 0 aliphatic heterocycles. The number of ether oxygens (including phenoxy) is 1. The minimum atomic E-state index is 0.649. The van der Waals surface area contributed by atoms with Gasteiger partial charge in [0.2, 0.25) is 0 Å². The molecule has 0 aliphatic rings. The van der Waals surface area contributed by atoms with Gasteiger partial charge in [0.1, 0.15) is 0 Å². The molecule has 0 bridgehead atoms. The van der Waals surface area contributed by atoms with Gasteiger partial charge in [-0.05, 0) is 37.3 Å². The van der Waals surface area contributed by atoms with Crippen molar-refractivity contribution < 1.29 is 4.74 Å². The monoisotopic (exact) mass is 247 g/mol. The maximum atomic E-state index is 5.49. The number of unbranched alkanes of at least 4 members (excludes halogenated alkanes) is 3. The zero-order valence-electron chi connectivity index (χ0n) is 11.3. The van der Waals surface area contributed by atoms with Crippen LogP contribution in [0.2, 0.25) is 0 Å². The summed E-state index contributed by atoms with van der Waals surface area (Å²) in [4.78, 5) is 0. The summed E-state index contributed by atoms with van der Waals surface area (Å²) in [6.45, 7) is 8.24. The van der Waals surface area contributed by atoms with Gasteiger partial charge in [-0.15, -0.1) is 0 Å². The van der Waals surface area contributed by atoms with Crippen LogP contribution in [0.3, 0.4) is 0 Å². The molecule has 0 aliphatic carbocycles. The van der Waals surface area contributed by atoms with Gasteiger partial charge in [0, 0.05) is 13.2 Å². The molecule has 2 nitrogen and oxygen atoms in total. The summed E-state index contributed by atoms with van der Waals surface area (Å²) in [5.74, 6) is 1.97. The molecule has 0 spiro atoms. The summed E-state index contributed by atoms with van der Waals surface area (Å²) in [5.41, 5.74) is 0. The first-order valence-electron chi connectivity index (χ1n) is 6.54. The Morgan fingerprint density at radius 2 is 1.81 bits per heavy atom. The van der Waals surface area contributed by atoms with E-state index in [1.54, 1.807) is 0 Å².